The van der Waals surface area contributed by atoms with E-state index >= 15 is 0 Å². The van der Waals surface area contributed by atoms with Gasteiger partial charge in [-0.25, -0.2) is 0 Å². The Kier molecular flexibility index (Phi) is 90.9. The highest BCUT2D eigenvalue weighted by Gasteiger charge is 2.27. The number of methoxy groups -OCH3 is 8. The summed E-state index contributed by atoms with van der Waals surface area (Å²) in [6.07, 6.45) is -1.47. The molecule has 0 saturated carbocycles. The van der Waals surface area contributed by atoms with Crippen LogP contribution in [0.15, 0.2) is 48.5 Å². The number of carbonyl (C=O) groups excluding carboxylic acids is 16. The van der Waals surface area contributed by atoms with E-state index in [1.54, 1.807) is 14.1 Å². The van der Waals surface area contributed by atoms with Crippen LogP contribution in [-0.2, 0) is 115 Å². The summed E-state index contributed by atoms with van der Waals surface area (Å²) in [5.74, 6) is -4.18. The molecule has 10 N–H and O–H groups in total. The standard InChI is InChI=1S/C15H10N2O8.2C14H23NO6S2.2C8H16N2O4S2.C3H2Cl2O2.CHCl3.4ClH/c18-14(24-12-5-1-10(2-6-12)16(20)21)9-15(19)25-13-7-3-11(4-8-13)17(22)23;2*1-9(16)5-11(17)6-10(13(18)20-3)7-22-23-8-12(15-2)14(19)21-4;2*1-13-7(11)5(9)3-15-16-4-6(10)8(12)14-2;4-2(6)1-3(5)7;2-1(3)4;;;;/h1-8H,9H2;2*10,12,15H,5-8H2,1-4H3;2*5-6H,3-4,9-10H2,1-2H3;1H2;1H;4*1H. The lowest BCUT2D eigenvalue weighted by Gasteiger charge is -2.15. The fourth-order valence-corrected chi connectivity index (χ4v) is 16.3. The number of nitrogens with one attached hydrogen (secondary N) is 2. The summed E-state index contributed by atoms with van der Waals surface area (Å²) in [5, 5.41) is 25.3. The topological polar surface area (TPSA) is 580 Å². The highest BCUT2D eigenvalue weighted by molar-refractivity contribution is 8.77. The Morgan fingerprint density at radius 3 is 0.780 bits per heavy atom. The first kappa shape index (κ1) is 131. The fourth-order valence-electron chi connectivity index (χ4n) is 6.52. The first-order chi connectivity index (χ1) is 53.4. The smallest absolute Gasteiger partial charge is 0.323 e. The van der Waals surface area contributed by atoms with E-state index in [9.17, 15) is 96.9 Å². The number of nitro groups is 2. The van der Waals surface area contributed by atoms with E-state index in [-0.39, 0.29) is 140 Å². The number of alkyl halides is 3. The average Bonchev–Trinajstić information content (AvgIpc) is 0.873. The summed E-state index contributed by atoms with van der Waals surface area (Å²) in [6.45, 7) is 2.67. The van der Waals surface area contributed by atoms with E-state index in [4.69, 9.17) is 90.4 Å². The largest absolute Gasteiger partial charge is 0.469 e. The Bertz CT molecular complexity index is 3100. The molecule has 0 aliphatic heterocycles. The maximum Gasteiger partial charge on any atom is 0.323 e. The van der Waals surface area contributed by atoms with Gasteiger partial charge in [0.15, 0.2) is 4.30 Å². The quantitative estimate of drug-likeness (QED) is 0.00358. The number of esters is 10. The molecule has 38 nitrogen and oxygen atoms in total. The molecule has 0 radical (unpaired) electrons. The number of hydrogen-bond acceptors (Lipinski definition) is 44. The second-order valence-electron chi connectivity index (χ2n) is 21.0. The van der Waals surface area contributed by atoms with Crippen molar-refractivity contribution in [3.63, 3.8) is 0 Å². The van der Waals surface area contributed by atoms with Crippen molar-refractivity contribution in [3.8, 4) is 11.5 Å². The minimum absolute atomic E-state index is 0. The Morgan fingerprint density at radius 2 is 0.593 bits per heavy atom. The monoisotopic (exact) mass is 2010 g/mol. The van der Waals surface area contributed by atoms with Crippen molar-refractivity contribution in [2.45, 2.75) is 92.9 Å². The molecule has 0 amide bonds. The molecular weight excluding hydrogens is 1920 g/mol. The number of rotatable bonds is 46. The minimum atomic E-state index is -0.916. The molecule has 55 heteroatoms. The van der Waals surface area contributed by atoms with Gasteiger partial charge < -0.3 is 80.9 Å². The van der Waals surface area contributed by atoms with E-state index in [1.807, 2.05) is 0 Å². The molecule has 0 bridgehead atoms. The van der Waals surface area contributed by atoms with Crippen molar-refractivity contribution in [2.75, 3.05) is 117 Å². The van der Waals surface area contributed by atoms with Crippen molar-refractivity contribution < 1.29 is 134 Å². The van der Waals surface area contributed by atoms with Crippen LogP contribution in [0.1, 0.15) is 52.4 Å². The van der Waals surface area contributed by atoms with Gasteiger partial charge in [-0.1, -0.05) is 121 Å². The van der Waals surface area contributed by atoms with E-state index < -0.39 is 127 Å². The van der Waals surface area contributed by atoms with Gasteiger partial charge in [0.25, 0.3) is 11.4 Å². The van der Waals surface area contributed by atoms with Gasteiger partial charge in [0, 0.05) is 83.1 Å². The number of nitro benzene ring substituents is 2. The summed E-state index contributed by atoms with van der Waals surface area (Å²) in [5.41, 5.74) is 21.7. The lowest BCUT2D eigenvalue weighted by atomic mass is 10.0. The Hall–Kier alpha value is -4.87. The zero-order valence-corrected chi connectivity index (χ0v) is 78.5. The van der Waals surface area contributed by atoms with Crippen molar-refractivity contribution in [1.82, 2.24) is 10.6 Å². The van der Waals surface area contributed by atoms with Gasteiger partial charge in [0.2, 0.25) is 10.5 Å². The van der Waals surface area contributed by atoms with Crippen molar-refractivity contribution in [1.29, 1.82) is 0 Å². The number of carbonyl (C=O) groups is 16. The summed E-state index contributed by atoms with van der Waals surface area (Å²) in [6, 6.07) is 5.99. The first-order valence-corrected chi connectivity index (χ1v) is 43.7. The highest BCUT2D eigenvalue weighted by atomic mass is 35.6. The molecule has 8 unspecified atom stereocenters. The third-order valence-corrected chi connectivity index (χ3v) is 22.2. The molecule has 2 aromatic carbocycles. The number of nitrogens with zero attached hydrogens (tertiary/aromatic N) is 2. The predicted molar refractivity (Wildman–Crippen MR) is 469 cm³/mol. The summed E-state index contributed by atoms with van der Waals surface area (Å²) >= 11 is 23.9. The number of benzene rings is 2. The number of hydrogen-bond donors (Lipinski definition) is 6. The highest BCUT2D eigenvalue weighted by Crippen LogP contribution is 2.30. The van der Waals surface area contributed by atoms with Crippen LogP contribution in [0.5, 0.6) is 11.5 Å². The molecule has 0 saturated heterocycles. The number of likely N-dealkylation sites (N-methyl/N-ethyl adjacent to an activating group) is 2. The average molecular weight is 2020 g/mol. The Labute approximate surface area is 761 Å². The molecule has 2 rings (SSSR count). The number of Topliss-reactive ketones (excluding diaryl/α,β-unsaturated/α-hetero) is 4. The van der Waals surface area contributed by atoms with Gasteiger partial charge in [-0.05, 0) is 75.4 Å². The zero-order valence-electron chi connectivity index (χ0n) is 65.0. The van der Waals surface area contributed by atoms with Crippen LogP contribution in [0.3, 0.4) is 0 Å². The van der Waals surface area contributed by atoms with Gasteiger partial charge in [-0.2, -0.15) is 0 Å². The van der Waals surface area contributed by atoms with Gasteiger partial charge in [-0.3, -0.25) is 96.9 Å². The number of nitrogens with two attached hydrogens (primary N) is 4. The molecule has 0 aromatic heterocycles. The summed E-state index contributed by atoms with van der Waals surface area (Å²) in [7, 11) is 24.6. The third-order valence-electron chi connectivity index (χ3n) is 12.1. The second kappa shape index (κ2) is 81.8. The SMILES string of the molecule is CNC(CSSCC(CC(=O)CC(C)=O)C(=O)OC)C(=O)OC.CNC(CSSCC(CC(=O)CC(C)=O)C(=O)OC)C(=O)OC.COC(=O)C(N)CSSCC(N)C(=O)OC.COC(=O)C(N)CSSCC(N)C(=O)OC.Cl.Cl.Cl.Cl.ClC(Cl)Cl.O=C(CC(=O)Oc1ccc([N+](=O)[O-])cc1)Oc1ccc([N+](=O)[O-])cc1.O=C(Cl)CC(=O)Cl. The summed E-state index contributed by atoms with van der Waals surface area (Å²) in [4.78, 5) is 198. The van der Waals surface area contributed by atoms with E-state index in [0.717, 1.165) is 24.3 Å². The van der Waals surface area contributed by atoms with Crippen molar-refractivity contribution in [2.24, 2.45) is 34.8 Å². The normalized spacial score (nSPS) is 11.8. The lowest BCUT2D eigenvalue weighted by Crippen LogP contribution is -2.37. The Morgan fingerprint density at radius 1 is 0.373 bits per heavy atom. The molecule has 2 aromatic rings. The molecule has 0 spiro atoms. The van der Waals surface area contributed by atoms with Crippen molar-refractivity contribution >= 4 is 299 Å². The van der Waals surface area contributed by atoms with E-state index in [0.29, 0.717) is 46.0 Å². The molecule has 0 heterocycles. The van der Waals surface area contributed by atoms with Crippen LogP contribution >= 0.6 is 194 Å². The molecule has 8 atom stereocenters. The predicted octanol–water partition coefficient (Wildman–Crippen LogP) is 7.43. The van der Waals surface area contributed by atoms with Crippen LogP contribution in [0.4, 0.5) is 11.4 Å². The van der Waals surface area contributed by atoms with Crippen LogP contribution in [0.2, 0.25) is 0 Å². The maximum absolute atomic E-state index is 11.7. The van der Waals surface area contributed by atoms with Gasteiger partial charge in [0.1, 0.15) is 77.3 Å². The molecule has 118 heavy (non-hydrogen) atoms. The van der Waals surface area contributed by atoms with Crippen LogP contribution in [0.25, 0.3) is 0 Å². The van der Waals surface area contributed by atoms with Crippen LogP contribution in [-0.4, -0.2) is 261 Å². The van der Waals surface area contributed by atoms with E-state index in [2.05, 4.69) is 48.5 Å². The van der Waals surface area contributed by atoms with Gasteiger partial charge >= 0.3 is 59.7 Å². The maximum atomic E-state index is 11.7. The molecule has 678 valence electrons. The lowest BCUT2D eigenvalue weighted by molar-refractivity contribution is -0.385. The molecule has 0 aliphatic rings. The summed E-state index contributed by atoms with van der Waals surface area (Å²) < 4.78 is 45.5. The number of halogens is 9. The molecular formula is C63H95Cl9N8O30S8. The van der Waals surface area contributed by atoms with Gasteiger partial charge in [0.05, 0.1) is 97.8 Å². The van der Waals surface area contributed by atoms with Crippen molar-refractivity contribution in [3.05, 3.63) is 68.8 Å². The molecule has 0 fully saturated rings. The fraction of sp³-hybridized carbons (Fsp3) is 0.556. The van der Waals surface area contributed by atoms with Crippen LogP contribution in [0, 0.1) is 32.1 Å². The van der Waals surface area contributed by atoms with E-state index in [1.165, 1.54) is 181 Å². The number of ether oxygens (including phenoxy) is 10. The molecule has 0 aliphatic carbocycles. The van der Waals surface area contributed by atoms with Gasteiger partial charge in [-0.15, -0.1) is 49.6 Å². The zero-order chi connectivity index (χ0) is 88.6. The Balaban J connectivity index is -0.000000174. The van der Waals surface area contributed by atoms with Crippen LogP contribution < -0.4 is 43.0 Å². The second-order valence-corrected chi connectivity index (χ2v) is 34.0. The number of non-ortho nitro benzene ring substituents is 2. The first-order valence-electron chi connectivity index (χ1n) is 31.6. The third kappa shape index (κ3) is 73.8. The minimum Gasteiger partial charge on any atom is -0.469 e. The number of ketones is 4.